The van der Waals surface area contributed by atoms with Gasteiger partial charge in [-0.2, -0.15) is 5.09 Å². The molecule has 1 unspecified atom stereocenters. The molecule has 0 saturated carbocycles. The number of alkyl halides is 1. The predicted octanol–water partition coefficient (Wildman–Crippen LogP) is 2.94. The van der Waals surface area contributed by atoms with Crippen LogP contribution in [0.1, 0.15) is 32.6 Å². The number of carbonyl (C=O) groups is 1. The average molecular weight is 546 g/mol. The van der Waals surface area contributed by atoms with E-state index in [1.807, 2.05) is 0 Å². The van der Waals surface area contributed by atoms with Gasteiger partial charge in [0.1, 0.15) is 24.0 Å². The Hall–Kier alpha value is -2.41. The SMILES string of the molecule is Cc1cn([C@H]2O[C@@H](CO[P@@](=O)(N[C@@H](C)C(=O)OC(C)C)Oc3ccccc3)C(O)[C@H]2F)c(=S)[nH]c1=O. The van der Waals surface area contributed by atoms with E-state index in [0.29, 0.717) is 0 Å². The summed E-state index contributed by atoms with van der Waals surface area (Å²) in [6.45, 7) is 5.71. The first-order valence-corrected chi connectivity index (χ1v) is 13.1. The number of ether oxygens (including phenoxy) is 2. The quantitative estimate of drug-likeness (QED) is 0.232. The number of aliphatic hydroxyl groups is 1. The van der Waals surface area contributed by atoms with Crippen molar-refractivity contribution in [3.05, 3.63) is 57.2 Å². The molecule has 1 aliphatic heterocycles. The van der Waals surface area contributed by atoms with Gasteiger partial charge >= 0.3 is 13.7 Å². The monoisotopic (exact) mass is 545 g/mol. The summed E-state index contributed by atoms with van der Waals surface area (Å²) in [5.74, 6) is -0.503. The number of benzene rings is 1. The van der Waals surface area contributed by atoms with E-state index in [-0.39, 0.29) is 16.1 Å². The van der Waals surface area contributed by atoms with Gasteiger partial charge < -0.3 is 19.1 Å². The molecule has 198 valence electrons. The molecule has 1 aliphatic rings. The lowest BCUT2D eigenvalue weighted by Crippen LogP contribution is -2.37. The van der Waals surface area contributed by atoms with Crippen LogP contribution in [0.3, 0.4) is 0 Å². The highest BCUT2D eigenvalue weighted by molar-refractivity contribution is 7.71. The molecule has 0 radical (unpaired) electrons. The Kier molecular flexibility index (Phi) is 9.20. The summed E-state index contributed by atoms with van der Waals surface area (Å²) in [7, 11) is -4.25. The van der Waals surface area contributed by atoms with Gasteiger partial charge in [0.05, 0.1) is 12.7 Å². The van der Waals surface area contributed by atoms with Crippen LogP contribution in [0.25, 0.3) is 0 Å². The van der Waals surface area contributed by atoms with E-state index in [4.69, 9.17) is 30.7 Å². The number of halogens is 1. The van der Waals surface area contributed by atoms with Crippen LogP contribution >= 0.6 is 20.0 Å². The fourth-order valence-corrected chi connectivity index (χ4v) is 5.10. The van der Waals surface area contributed by atoms with E-state index in [9.17, 15) is 23.7 Å². The first-order valence-electron chi connectivity index (χ1n) is 11.2. The molecule has 2 aromatic rings. The molecule has 2 heterocycles. The standard InChI is InChI=1S/C22H29FN3O8PS/c1-12(2)32-21(29)14(4)25-35(30,34-15-8-6-5-7-9-15)31-11-16-18(27)17(23)20(33-16)26-10-13(3)19(28)24-22(26)36/h5-10,12,14,16-18,20,27H,11H2,1-4H3,(H,25,30)(H,24,28,36)/t14-,16-,17+,18?,20-,35-/m0/s1. The Bertz CT molecular complexity index is 1220. The van der Waals surface area contributed by atoms with Crippen molar-refractivity contribution in [1.82, 2.24) is 14.6 Å². The fraction of sp³-hybridized carbons (Fsp3) is 0.500. The number of aromatic nitrogens is 2. The van der Waals surface area contributed by atoms with Crippen molar-refractivity contribution < 1.29 is 37.4 Å². The number of para-hydroxylation sites is 1. The number of carbonyl (C=O) groups excluding carboxylic acids is 1. The molecule has 1 aromatic heterocycles. The normalized spacial score (nSPS) is 24.3. The maximum atomic E-state index is 15.0. The van der Waals surface area contributed by atoms with E-state index >= 15 is 0 Å². The lowest BCUT2D eigenvalue weighted by molar-refractivity contribution is -0.149. The van der Waals surface area contributed by atoms with E-state index in [1.165, 1.54) is 36.7 Å². The van der Waals surface area contributed by atoms with Crippen LogP contribution in [0.4, 0.5) is 4.39 Å². The summed E-state index contributed by atoms with van der Waals surface area (Å²) in [6.07, 6.45) is -5.32. The Morgan fingerprint density at radius 2 is 2.00 bits per heavy atom. The molecule has 0 aliphatic carbocycles. The van der Waals surface area contributed by atoms with Crippen LogP contribution in [0.5, 0.6) is 5.75 Å². The minimum atomic E-state index is -4.25. The van der Waals surface area contributed by atoms with Crippen LogP contribution in [0, 0.1) is 11.7 Å². The zero-order chi connectivity index (χ0) is 26.6. The Morgan fingerprint density at radius 3 is 2.64 bits per heavy atom. The molecule has 14 heteroatoms. The highest BCUT2D eigenvalue weighted by atomic mass is 32.1. The summed E-state index contributed by atoms with van der Waals surface area (Å²) >= 11 is 5.09. The number of aromatic amines is 1. The van der Waals surface area contributed by atoms with E-state index in [2.05, 4.69) is 10.1 Å². The summed E-state index contributed by atoms with van der Waals surface area (Å²) in [5.41, 5.74) is -0.166. The molecule has 6 atom stereocenters. The van der Waals surface area contributed by atoms with Crippen molar-refractivity contribution in [1.29, 1.82) is 0 Å². The molecule has 11 nitrogen and oxygen atoms in total. The van der Waals surface area contributed by atoms with Crippen molar-refractivity contribution >= 4 is 25.9 Å². The van der Waals surface area contributed by atoms with Crippen LogP contribution < -0.4 is 15.2 Å². The van der Waals surface area contributed by atoms with E-state index < -0.39 is 62.6 Å². The van der Waals surface area contributed by atoms with Gasteiger partial charge in [-0.1, -0.05) is 18.2 Å². The van der Waals surface area contributed by atoms with Crippen LogP contribution in [0.2, 0.25) is 0 Å². The molecule has 0 spiro atoms. The summed E-state index contributed by atoms with van der Waals surface area (Å²) in [6, 6.07) is 7.00. The molecule has 1 saturated heterocycles. The zero-order valence-corrected chi connectivity index (χ0v) is 21.8. The number of aliphatic hydroxyl groups excluding tert-OH is 1. The topological polar surface area (TPSA) is 141 Å². The third-order valence-electron chi connectivity index (χ3n) is 5.15. The van der Waals surface area contributed by atoms with Crippen molar-refractivity contribution in [3.63, 3.8) is 0 Å². The zero-order valence-electron chi connectivity index (χ0n) is 20.1. The lowest BCUT2D eigenvalue weighted by atomic mass is 10.1. The van der Waals surface area contributed by atoms with Gasteiger partial charge in [-0.05, 0) is 52.0 Å². The number of aryl methyl sites for hydroxylation is 1. The van der Waals surface area contributed by atoms with Crippen molar-refractivity contribution in [3.8, 4) is 5.75 Å². The number of hydrogen-bond donors (Lipinski definition) is 3. The number of esters is 1. The van der Waals surface area contributed by atoms with E-state index in [0.717, 1.165) is 0 Å². The second-order valence-electron chi connectivity index (χ2n) is 8.51. The van der Waals surface area contributed by atoms with Crippen LogP contribution in [-0.4, -0.2) is 57.8 Å². The van der Waals surface area contributed by atoms with Crippen LogP contribution in [-0.2, 0) is 23.4 Å². The number of nitrogens with one attached hydrogen (secondary N) is 2. The van der Waals surface area contributed by atoms with Crippen molar-refractivity contribution in [2.24, 2.45) is 0 Å². The molecule has 1 fully saturated rings. The maximum absolute atomic E-state index is 15.0. The highest BCUT2D eigenvalue weighted by Crippen LogP contribution is 2.46. The number of rotatable bonds is 10. The molecule has 1 aromatic carbocycles. The predicted molar refractivity (Wildman–Crippen MR) is 130 cm³/mol. The summed E-state index contributed by atoms with van der Waals surface area (Å²) in [5, 5.41) is 12.9. The molecule has 36 heavy (non-hydrogen) atoms. The second-order valence-corrected chi connectivity index (χ2v) is 10.6. The maximum Gasteiger partial charge on any atom is 0.459 e. The third kappa shape index (κ3) is 6.87. The first-order chi connectivity index (χ1) is 16.9. The molecule has 0 amide bonds. The fourth-order valence-electron chi connectivity index (χ4n) is 3.35. The second kappa shape index (κ2) is 11.8. The molecular formula is C22H29FN3O8PS. The third-order valence-corrected chi connectivity index (χ3v) is 7.11. The molecular weight excluding hydrogens is 516 g/mol. The Labute approximate surface area is 212 Å². The number of nitrogens with zero attached hydrogens (tertiary/aromatic N) is 1. The van der Waals surface area contributed by atoms with Gasteiger partial charge in [-0.15, -0.1) is 0 Å². The van der Waals surface area contributed by atoms with Crippen molar-refractivity contribution in [2.45, 2.75) is 64.4 Å². The number of H-pyrrole nitrogens is 1. The van der Waals surface area contributed by atoms with Gasteiger partial charge in [0.25, 0.3) is 5.56 Å². The molecule has 3 rings (SSSR count). The lowest BCUT2D eigenvalue weighted by Gasteiger charge is -2.25. The Morgan fingerprint density at radius 1 is 1.33 bits per heavy atom. The Balaban J connectivity index is 1.77. The minimum absolute atomic E-state index is 0.0933. The average Bonchev–Trinajstić information content (AvgIpc) is 3.08. The summed E-state index contributed by atoms with van der Waals surface area (Å²) in [4.78, 5) is 26.4. The highest BCUT2D eigenvalue weighted by Gasteiger charge is 2.47. The van der Waals surface area contributed by atoms with Gasteiger partial charge in [0.15, 0.2) is 17.2 Å². The minimum Gasteiger partial charge on any atom is -0.462 e. The summed E-state index contributed by atoms with van der Waals surface area (Å²) < 4.78 is 51.4. The smallest absolute Gasteiger partial charge is 0.459 e. The largest absolute Gasteiger partial charge is 0.462 e. The van der Waals surface area contributed by atoms with Crippen molar-refractivity contribution in [2.75, 3.05) is 6.61 Å². The van der Waals surface area contributed by atoms with Crippen LogP contribution in [0.15, 0.2) is 41.3 Å². The van der Waals surface area contributed by atoms with Gasteiger partial charge in [-0.25, -0.2) is 8.96 Å². The number of hydrogen-bond acceptors (Lipinski definition) is 9. The molecule has 0 bridgehead atoms. The van der Waals surface area contributed by atoms with E-state index in [1.54, 1.807) is 32.0 Å². The first kappa shape index (κ1) is 28.2. The van der Waals surface area contributed by atoms with Gasteiger partial charge in [0, 0.05) is 11.8 Å². The van der Waals surface area contributed by atoms with Gasteiger partial charge in [0.2, 0.25) is 0 Å². The van der Waals surface area contributed by atoms with Gasteiger partial charge in [-0.3, -0.25) is 23.7 Å². The molecule has 3 N–H and O–H groups in total.